The molecule has 2 aromatic rings. The molecule has 1 aliphatic heterocycles. The molecule has 0 spiro atoms. The summed E-state index contributed by atoms with van der Waals surface area (Å²) in [5.41, 5.74) is -0.928. The Morgan fingerprint density at radius 3 is 2.71 bits per heavy atom. The molecule has 2 N–H and O–H groups in total. The highest BCUT2D eigenvalue weighted by molar-refractivity contribution is 7.89. The zero-order valence-corrected chi connectivity index (χ0v) is 12.1. The van der Waals surface area contributed by atoms with Crippen LogP contribution in [0.1, 0.15) is 18.5 Å². The topological polar surface area (TPSA) is 99.2 Å². The Balaban J connectivity index is 1.90. The van der Waals surface area contributed by atoms with Gasteiger partial charge in [0.2, 0.25) is 10.0 Å². The summed E-state index contributed by atoms with van der Waals surface area (Å²) in [6, 6.07) is 8.24. The molecular weight excluding hydrogens is 292 g/mol. The summed E-state index contributed by atoms with van der Waals surface area (Å²) in [7, 11) is -3.61. The number of nitrogens with zero attached hydrogens (tertiary/aromatic N) is 3. The van der Waals surface area contributed by atoms with Gasteiger partial charge in [-0.1, -0.05) is 18.2 Å². The molecule has 1 atom stereocenters. The summed E-state index contributed by atoms with van der Waals surface area (Å²) in [6.07, 6.45) is 2.45. The van der Waals surface area contributed by atoms with E-state index in [2.05, 4.69) is 15.4 Å². The monoisotopic (exact) mass is 308 g/mol. The highest BCUT2D eigenvalue weighted by Crippen LogP contribution is 2.32. The molecule has 7 nitrogen and oxygen atoms in total. The number of H-pyrrole nitrogens is 1. The first kappa shape index (κ1) is 14.2. The normalized spacial score (nSPS) is 24.0. The molecule has 3 rings (SSSR count). The molecule has 0 saturated carbocycles. The first-order chi connectivity index (χ1) is 10.0. The van der Waals surface area contributed by atoms with Crippen molar-refractivity contribution in [3.05, 3.63) is 42.2 Å². The molecule has 1 aliphatic rings. The number of benzene rings is 1. The minimum Gasteiger partial charge on any atom is -0.382 e. The minimum absolute atomic E-state index is 0.0171. The lowest BCUT2D eigenvalue weighted by Crippen LogP contribution is -2.48. The number of hydrogen-bond donors (Lipinski definition) is 2. The Morgan fingerprint density at radius 1 is 1.29 bits per heavy atom. The zero-order valence-electron chi connectivity index (χ0n) is 11.3. The second-order valence-electron chi connectivity index (χ2n) is 5.14. The summed E-state index contributed by atoms with van der Waals surface area (Å²) in [4.78, 5) is 0.231. The molecule has 0 bridgehead atoms. The van der Waals surface area contributed by atoms with Crippen LogP contribution >= 0.6 is 0 Å². The fourth-order valence-corrected chi connectivity index (χ4v) is 4.13. The third-order valence-corrected chi connectivity index (χ3v) is 5.57. The fourth-order valence-electron chi connectivity index (χ4n) is 2.58. The van der Waals surface area contributed by atoms with E-state index in [9.17, 15) is 13.5 Å². The van der Waals surface area contributed by atoms with Crippen molar-refractivity contribution in [1.82, 2.24) is 19.7 Å². The van der Waals surface area contributed by atoms with Gasteiger partial charge in [-0.3, -0.25) is 0 Å². The first-order valence-electron chi connectivity index (χ1n) is 6.66. The Morgan fingerprint density at radius 2 is 2.05 bits per heavy atom. The first-order valence-corrected chi connectivity index (χ1v) is 8.10. The van der Waals surface area contributed by atoms with Gasteiger partial charge in [-0.2, -0.15) is 19.7 Å². The Hall–Kier alpha value is -1.77. The summed E-state index contributed by atoms with van der Waals surface area (Å²) < 4.78 is 26.5. The molecular formula is C13H16N4O3S. The molecule has 1 fully saturated rings. The number of piperidine rings is 1. The predicted octanol–water partition coefficient (Wildman–Crippen LogP) is 0.477. The van der Waals surface area contributed by atoms with E-state index in [1.165, 1.54) is 10.5 Å². The van der Waals surface area contributed by atoms with Crippen molar-refractivity contribution >= 4 is 10.0 Å². The highest BCUT2D eigenvalue weighted by Gasteiger charge is 2.41. The van der Waals surface area contributed by atoms with E-state index in [4.69, 9.17) is 0 Å². The maximum Gasteiger partial charge on any atom is 0.243 e. The number of hydrogen-bond acceptors (Lipinski definition) is 5. The Bertz CT molecular complexity index is 702. The van der Waals surface area contributed by atoms with Gasteiger partial charge in [0.1, 0.15) is 11.3 Å². The maximum absolute atomic E-state index is 12.6. The lowest BCUT2D eigenvalue weighted by molar-refractivity contribution is -0.0161. The number of aliphatic hydroxyl groups is 1. The number of aromatic amines is 1. The molecule has 21 heavy (non-hydrogen) atoms. The average molecular weight is 308 g/mol. The quantitative estimate of drug-likeness (QED) is 0.859. The standard InChI is InChI=1S/C13H16N4O3S/c18-13(12-9-14-16-15-12)7-4-8-17(10-13)21(19,20)11-5-2-1-3-6-11/h1-3,5-6,9,18H,4,7-8,10H2,(H,14,15,16). The Kier molecular flexibility index (Phi) is 3.52. The van der Waals surface area contributed by atoms with Gasteiger partial charge < -0.3 is 5.11 Å². The summed E-state index contributed by atoms with van der Waals surface area (Å²) in [5, 5.41) is 20.7. The number of rotatable bonds is 3. The van der Waals surface area contributed by atoms with E-state index in [1.807, 2.05) is 0 Å². The van der Waals surface area contributed by atoms with Crippen molar-refractivity contribution in [3.8, 4) is 0 Å². The SMILES string of the molecule is O=S(=O)(c1ccccc1)N1CCCC(O)(c2cn[nH]n2)C1. The third kappa shape index (κ3) is 2.57. The van der Waals surface area contributed by atoms with Crippen LogP contribution in [-0.4, -0.2) is 46.3 Å². The van der Waals surface area contributed by atoms with Gasteiger partial charge in [0, 0.05) is 13.1 Å². The van der Waals surface area contributed by atoms with Crippen LogP contribution in [0.3, 0.4) is 0 Å². The van der Waals surface area contributed by atoms with E-state index in [-0.39, 0.29) is 11.4 Å². The molecule has 1 aromatic carbocycles. The number of β-amino-alcohol motifs (C(OH)–C–C–N with tert-alkyl or cyclic N) is 1. The second kappa shape index (κ2) is 5.21. The average Bonchev–Trinajstić information content (AvgIpc) is 3.03. The largest absolute Gasteiger partial charge is 0.382 e. The van der Waals surface area contributed by atoms with Gasteiger partial charge >= 0.3 is 0 Å². The van der Waals surface area contributed by atoms with Crippen molar-refractivity contribution < 1.29 is 13.5 Å². The van der Waals surface area contributed by atoms with E-state index >= 15 is 0 Å². The lowest BCUT2D eigenvalue weighted by Gasteiger charge is -2.37. The van der Waals surface area contributed by atoms with Crippen LogP contribution in [0.2, 0.25) is 0 Å². The van der Waals surface area contributed by atoms with E-state index in [1.54, 1.807) is 30.3 Å². The maximum atomic E-state index is 12.6. The van der Waals surface area contributed by atoms with Crippen LogP contribution in [0.15, 0.2) is 41.4 Å². The van der Waals surface area contributed by atoms with Crippen LogP contribution in [0.25, 0.3) is 0 Å². The highest BCUT2D eigenvalue weighted by atomic mass is 32.2. The van der Waals surface area contributed by atoms with Crippen molar-refractivity contribution in [2.24, 2.45) is 0 Å². The van der Waals surface area contributed by atoms with Crippen LogP contribution in [0.4, 0.5) is 0 Å². The van der Waals surface area contributed by atoms with Crippen molar-refractivity contribution in [2.45, 2.75) is 23.3 Å². The minimum atomic E-state index is -3.61. The second-order valence-corrected chi connectivity index (χ2v) is 7.08. The fraction of sp³-hybridized carbons (Fsp3) is 0.385. The number of sulfonamides is 1. The molecule has 0 aliphatic carbocycles. The summed E-state index contributed by atoms with van der Waals surface area (Å²) >= 11 is 0. The molecule has 1 saturated heterocycles. The molecule has 0 radical (unpaired) electrons. The van der Waals surface area contributed by atoms with E-state index in [0.717, 1.165) is 0 Å². The molecule has 0 amide bonds. The Labute approximate surface area is 122 Å². The molecule has 2 heterocycles. The molecule has 1 unspecified atom stereocenters. The molecule has 1 aromatic heterocycles. The van der Waals surface area contributed by atoms with Crippen LogP contribution in [0.5, 0.6) is 0 Å². The smallest absolute Gasteiger partial charge is 0.243 e. The van der Waals surface area contributed by atoms with E-state index < -0.39 is 15.6 Å². The predicted molar refractivity (Wildman–Crippen MR) is 74.7 cm³/mol. The zero-order chi connectivity index (χ0) is 14.9. The van der Waals surface area contributed by atoms with Crippen molar-refractivity contribution in [3.63, 3.8) is 0 Å². The van der Waals surface area contributed by atoms with Crippen molar-refractivity contribution in [2.75, 3.05) is 13.1 Å². The van der Waals surface area contributed by atoms with Gasteiger partial charge in [-0.05, 0) is 25.0 Å². The van der Waals surface area contributed by atoms with Gasteiger partial charge in [-0.25, -0.2) is 8.42 Å². The molecule has 8 heteroatoms. The third-order valence-electron chi connectivity index (χ3n) is 3.71. The van der Waals surface area contributed by atoms with Gasteiger partial charge in [0.15, 0.2) is 0 Å². The number of nitrogens with one attached hydrogen (secondary N) is 1. The number of aromatic nitrogens is 3. The van der Waals surface area contributed by atoms with Gasteiger partial charge in [0.25, 0.3) is 0 Å². The van der Waals surface area contributed by atoms with Crippen molar-refractivity contribution in [1.29, 1.82) is 0 Å². The van der Waals surface area contributed by atoms with Gasteiger partial charge in [-0.15, -0.1) is 0 Å². The van der Waals surface area contributed by atoms with Crippen LogP contribution in [-0.2, 0) is 15.6 Å². The van der Waals surface area contributed by atoms with Crippen LogP contribution < -0.4 is 0 Å². The van der Waals surface area contributed by atoms with Crippen LogP contribution in [0, 0.1) is 0 Å². The van der Waals surface area contributed by atoms with E-state index in [0.29, 0.717) is 25.1 Å². The molecule has 112 valence electrons. The lowest BCUT2D eigenvalue weighted by atomic mass is 9.91. The summed E-state index contributed by atoms with van der Waals surface area (Å²) in [5.74, 6) is 0. The summed E-state index contributed by atoms with van der Waals surface area (Å²) in [6.45, 7) is 0.369. The van der Waals surface area contributed by atoms with Gasteiger partial charge in [0.05, 0.1) is 11.1 Å².